The van der Waals surface area contributed by atoms with Gasteiger partial charge in [0.15, 0.2) is 5.13 Å². The van der Waals surface area contributed by atoms with Gasteiger partial charge in [-0.2, -0.15) is 0 Å². The van der Waals surface area contributed by atoms with Gasteiger partial charge in [-0.15, -0.1) is 23.1 Å². The lowest BCUT2D eigenvalue weighted by Gasteiger charge is -2.17. The molecule has 0 spiro atoms. The Kier molecular flexibility index (Phi) is 11.5. The molecule has 7 rings (SSSR count). The zero-order valence-corrected chi connectivity index (χ0v) is 30.5. The lowest BCUT2D eigenvalue weighted by Crippen LogP contribution is -2.30. The van der Waals surface area contributed by atoms with Crippen molar-refractivity contribution in [3.8, 4) is 22.4 Å². The summed E-state index contributed by atoms with van der Waals surface area (Å²) in [6, 6.07) is 53.2. The van der Waals surface area contributed by atoms with Crippen LogP contribution < -0.4 is 16.0 Å². The van der Waals surface area contributed by atoms with Crippen LogP contribution in [0.2, 0.25) is 0 Å². The number of hydrogen-bond acceptors (Lipinski definition) is 6. The first-order chi connectivity index (χ1) is 26.5. The van der Waals surface area contributed by atoms with Gasteiger partial charge in [-0.1, -0.05) is 140 Å². The number of thiazole rings is 1. The van der Waals surface area contributed by atoms with Gasteiger partial charge in [0.1, 0.15) is 10.9 Å². The number of carbonyl (C=O) groups excluding carboxylic acids is 3. The molecule has 7 nitrogen and oxygen atoms in total. The summed E-state index contributed by atoms with van der Waals surface area (Å²) in [5, 5.41) is 10.6. The van der Waals surface area contributed by atoms with Crippen LogP contribution in [0, 0.1) is 0 Å². The zero-order chi connectivity index (χ0) is 37.1. The fourth-order valence-corrected chi connectivity index (χ4v) is 7.44. The molecule has 3 amide bonds. The number of thioether (sulfide) groups is 1. The summed E-state index contributed by atoms with van der Waals surface area (Å²) < 4.78 is 0. The third-order valence-corrected chi connectivity index (χ3v) is 10.4. The second kappa shape index (κ2) is 17.3. The third kappa shape index (κ3) is 9.27. The zero-order valence-electron chi connectivity index (χ0n) is 28.9. The van der Waals surface area contributed by atoms with E-state index in [-0.39, 0.29) is 11.6 Å². The highest BCUT2D eigenvalue weighted by molar-refractivity contribution is 8.00. The van der Waals surface area contributed by atoms with Crippen LogP contribution in [0.1, 0.15) is 26.7 Å². The Labute approximate surface area is 321 Å². The first kappa shape index (κ1) is 35.8. The summed E-state index contributed by atoms with van der Waals surface area (Å²) in [4.78, 5) is 46.4. The Morgan fingerprint density at radius 2 is 1.24 bits per heavy atom. The van der Waals surface area contributed by atoms with Crippen molar-refractivity contribution in [2.45, 2.75) is 10.1 Å². The monoisotopic (exact) mass is 742 g/mol. The smallest absolute Gasteiger partial charge is 0.272 e. The molecule has 0 fully saturated rings. The van der Waals surface area contributed by atoms with Gasteiger partial charge in [-0.25, -0.2) is 4.98 Å². The van der Waals surface area contributed by atoms with Crippen LogP contribution in [0.3, 0.4) is 0 Å². The molecule has 1 aromatic heterocycles. The molecule has 0 radical (unpaired) electrons. The van der Waals surface area contributed by atoms with E-state index < -0.39 is 17.1 Å². The number of nitrogens with zero attached hydrogens (tertiary/aromatic N) is 1. The molecule has 0 saturated heterocycles. The molecular formula is C45H34N4O3S2. The molecule has 264 valence electrons. The molecule has 1 unspecified atom stereocenters. The predicted octanol–water partition coefficient (Wildman–Crippen LogP) is 10.4. The molecule has 0 saturated carbocycles. The summed E-state index contributed by atoms with van der Waals surface area (Å²) in [7, 11) is 0. The molecule has 6 aromatic carbocycles. The van der Waals surface area contributed by atoms with Crippen LogP contribution in [-0.4, -0.2) is 22.7 Å². The third-order valence-electron chi connectivity index (χ3n) is 8.35. The molecule has 1 heterocycles. The Morgan fingerprint density at radius 3 is 1.93 bits per heavy atom. The number of hydrogen-bond donors (Lipinski definition) is 3. The van der Waals surface area contributed by atoms with E-state index in [1.165, 1.54) is 23.1 Å². The van der Waals surface area contributed by atoms with E-state index in [1.54, 1.807) is 36.4 Å². The summed E-state index contributed by atoms with van der Waals surface area (Å²) >= 11 is 2.73. The molecule has 0 aliphatic carbocycles. The minimum absolute atomic E-state index is 0.0780. The average Bonchev–Trinajstić information content (AvgIpc) is 3.70. The van der Waals surface area contributed by atoms with Crippen molar-refractivity contribution in [2.24, 2.45) is 0 Å². The van der Waals surface area contributed by atoms with E-state index >= 15 is 0 Å². The highest BCUT2D eigenvalue weighted by atomic mass is 32.2. The molecule has 0 aliphatic heterocycles. The summed E-state index contributed by atoms with van der Waals surface area (Å²) in [5.41, 5.74) is 6.45. The van der Waals surface area contributed by atoms with Crippen LogP contribution in [-0.2, 0) is 9.59 Å². The van der Waals surface area contributed by atoms with E-state index in [0.29, 0.717) is 16.4 Å². The van der Waals surface area contributed by atoms with Crippen molar-refractivity contribution >= 4 is 57.7 Å². The number of rotatable bonds is 12. The van der Waals surface area contributed by atoms with Gasteiger partial charge >= 0.3 is 0 Å². The van der Waals surface area contributed by atoms with Crippen LogP contribution in [0.25, 0.3) is 28.5 Å². The highest BCUT2D eigenvalue weighted by Gasteiger charge is 2.24. The van der Waals surface area contributed by atoms with Crippen molar-refractivity contribution in [1.29, 1.82) is 0 Å². The predicted molar refractivity (Wildman–Crippen MR) is 220 cm³/mol. The van der Waals surface area contributed by atoms with Gasteiger partial charge in [0, 0.05) is 27.1 Å². The lowest BCUT2D eigenvalue weighted by molar-refractivity contribution is -0.116. The van der Waals surface area contributed by atoms with Crippen LogP contribution >= 0.6 is 23.1 Å². The maximum Gasteiger partial charge on any atom is 0.272 e. The second-order valence-electron chi connectivity index (χ2n) is 12.1. The standard InChI is InChI=1S/C45H34N4O3S2/c50-42(36-20-11-4-12-21-36)47-39(28-31-24-26-33(27-25-31)32-14-5-1-6-15-32)43(51)46-37-22-13-23-38(29-37)54-41(35-18-9-3-10-19-35)44(52)49-45-48-40(30-53-45)34-16-7-2-8-17-34/h1-30,41H,(H,46,51)(H,47,50)(H,48,49,52)/b39-28+. The summed E-state index contributed by atoms with van der Waals surface area (Å²) in [5.74, 6) is -1.12. The van der Waals surface area contributed by atoms with Crippen LogP contribution in [0.15, 0.2) is 186 Å². The fourth-order valence-electron chi connectivity index (χ4n) is 5.64. The van der Waals surface area contributed by atoms with E-state index in [2.05, 4.69) is 20.9 Å². The van der Waals surface area contributed by atoms with Crippen molar-refractivity contribution in [3.05, 3.63) is 198 Å². The van der Waals surface area contributed by atoms with Crippen molar-refractivity contribution in [1.82, 2.24) is 10.3 Å². The molecule has 0 aliphatic rings. The quantitative estimate of drug-likeness (QED) is 0.0855. The molecule has 9 heteroatoms. The molecule has 0 bridgehead atoms. The minimum Gasteiger partial charge on any atom is -0.321 e. The van der Waals surface area contributed by atoms with Crippen molar-refractivity contribution in [2.75, 3.05) is 10.6 Å². The number of anilines is 2. The first-order valence-corrected chi connectivity index (χ1v) is 18.9. The van der Waals surface area contributed by atoms with E-state index in [1.807, 2.05) is 145 Å². The molecule has 54 heavy (non-hydrogen) atoms. The van der Waals surface area contributed by atoms with E-state index in [9.17, 15) is 14.4 Å². The maximum absolute atomic E-state index is 13.9. The molecule has 3 N–H and O–H groups in total. The number of benzene rings is 6. The lowest BCUT2D eigenvalue weighted by atomic mass is 10.0. The van der Waals surface area contributed by atoms with Gasteiger partial charge in [0.05, 0.1) is 5.69 Å². The second-order valence-corrected chi connectivity index (χ2v) is 14.2. The topological polar surface area (TPSA) is 100 Å². The van der Waals surface area contributed by atoms with Gasteiger partial charge < -0.3 is 16.0 Å². The Balaban J connectivity index is 1.10. The largest absolute Gasteiger partial charge is 0.321 e. The number of carbonyl (C=O) groups is 3. The summed E-state index contributed by atoms with van der Waals surface area (Å²) in [6.45, 7) is 0. The molecular weight excluding hydrogens is 709 g/mol. The average molecular weight is 743 g/mol. The summed E-state index contributed by atoms with van der Waals surface area (Å²) in [6.07, 6.45) is 1.65. The van der Waals surface area contributed by atoms with Crippen molar-refractivity contribution in [3.63, 3.8) is 0 Å². The van der Waals surface area contributed by atoms with Crippen LogP contribution in [0.5, 0.6) is 0 Å². The number of amides is 3. The fraction of sp³-hybridized carbons (Fsp3) is 0.0222. The Hall–Kier alpha value is -6.55. The number of aromatic nitrogens is 1. The highest BCUT2D eigenvalue weighted by Crippen LogP contribution is 2.38. The van der Waals surface area contributed by atoms with Gasteiger partial charge in [-0.05, 0) is 58.7 Å². The number of nitrogens with one attached hydrogen (secondary N) is 3. The van der Waals surface area contributed by atoms with Crippen LogP contribution in [0.4, 0.5) is 10.8 Å². The van der Waals surface area contributed by atoms with E-state index in [0.717, 1.165) is 38.4 Å². The molecule has 7 aromatic rings. The Bertz CT molecular complexity index is 2380. The maximum atomic E-state index is 13.9. The van der Waals surface area contributed by atoms with E-state index in [4.69, 9.17) is 0 Å². The first-order valence-electron chi connectivity index (χ1n) is 17.2. The normalized spacial score (nSPS) is 11.7. The SMILES string of the molecule is O=C(Nc1cccc(SC(C(=O)Nc2nc(-c3ccccc3)cs2)c2ccccc2)c1)/C(=C\c1ccc(-c2ccccc2)cc1)NC(=O)c1ccccc1. The van der Waals surface area contributed by atoms with Gasteiger partial charge in [0.25, 0.3) is 11.8 Å². The van der Waals surface area contributed by atoms with Gasteiger partial charge in [-0.3, -0.25) is 14.4 Å². The van der Waals surface area contributed by atoms with Gasteiger partial charge in [0.2, 0.25) is 5.91 Å². The molecule has 1 atom stereocenters. The Morgan fingerprint density at radius 1 is 0.630 bits per heavy atom. The van der Waals surface area contributed by atoms with Crippen molar-refractivity contribution < 1.29 is 14.4 Å². The minimum atomic E-state index is -0.610.